The molecule has 5 heteroatoms. The quantitative estimate of drug-likeness (QED) is 0.459. The molecular weight excluding hydrogens is 242 g/mol. The molecule has 0 N–H and O–H groups in total. The Hall–Kier alpha value is -0.550. The van der Waals surface area contributed by atoms with Crippen molar-refractivity contribution in [3.63, 3.8) is 0 Å². The van der Waals surface area contributed by atoms with E-state index in [4.69, 9.17) is 0 Å². The Bertz CT molecular complexity index is 316. The lowest BCUT2D eigenvalue weighted by Gasteiger charge is -1.98. The predicted molar refractivity (Wildman–Crippen MR) is 52.6 cm³/mol. The molecule has 0 saturated heterocycles. The maximum absolute atomic E-state index is 10.5. The Balaban J connectivity index is 3.21. The van der Waals surface area contributed by atoms with E-state index in [2.05, 4.69) is 15.9 Å². The molecule has 0 amide bonds. The highest BCUT2D eigenvalue weighted by Crippen LogP contribution is 2.29. The van der Waals surface area contributed by atoms with E-state index < -0.39 is 0 Å². The molecule has 1 aromatic carbocycles. The number of hydrogen-bond acceptors (Lipinski definition) is 3. The molecule has 64 valence electrons. The molecule has 0 unspecified atom stereocenters. The topological polar surface area (TPSA) is 43.1 Å². The molecule has 0 radical (unpaired) electrons. The molecule has 0 aromatic heterocycles. The standard InChI is InChI=1S/C7H6BrNO2S/c1-12-7-3-2-5(8)4-6(7)9(10)11/h2-4H,1H3. The van der Waals surface area contributed by atoms with Gasteiger partial charge < -0.3 is 0 Å². The molecule has 0 heterocycles. The summed E-state index contributed by atoms with van der Waals surface area (Å²) in [7, 11) is 0. The first-order chi connectivity index (χ1) is 5.65. The second-order valence-electron chi connectivity index (χ2n) is 2.07. The van der Waals surface area contributed by atoms with Crippen molar-refractivity contribution in [2.75, 3.05) is 6.26 Å². The summed E-state index contributed by atoms with van der Waals surface area (Å²) in [5.74, 6) is 0. The number of nitro groups is 1. The van der Waals surface area contributed by atoms with E-state index in [1.165, 1.54) is 17.8 Å². The van der Waals surface area contributed by atoms with Crippen molar-refractivity contribution >= 4 is 33.4 Å². The summed E-state index contributed by atoms with van der Waals surface area (Å²) in [5.41, 5.74) is 0.150. The fraction of sp³-hybridized carbons (Fsp3) is 0.143. The third kappa shape index (κ3) is 1.98. The van der Waals surface area contributed by atoms with E-state index in [-0.39, 0.29) is 10.6 Å². The van der Waals surface area contributed by atoms with Crippen LogP contribution in [0.25, 0.3) is 0 Å². The van der Waals surface area contributed by atoms with Gasteiger partial charge in [0.05, 0.1) is 9.82 Å². The molecule has 0 aliphatic rings. The molecule has 0 aliphatic heterocycles. The lowest BCUT2D eigenvalue weighted by atomic mass is 10.3. The van der Waals surface area contributed by atoms with Crippen molar-refractivity contribution in [1.82, 2.24) is 0 Å². The zero-order valence-corrected chi connectivity index (χ0v) is 8.68. The Labute approximate surface area is 82.4 Å². The molecular formula is C7H6BrNO2S. The van der Waals surface area contributed by atoms with Crippen LogP contribution in [0.4, 0.5) is 5.69 Å². The number of rotatable bonds is 2. The summed E-state index contributed by atoms with van der Waals surface area (Å²) in [6, 6.07) is 5.03. The Morgan fingerprint density at radius 2 is 2.25 bits per heavy atom. The normalized spacial score (nSPS) is 9.83. The molecule has 0 atom stereocenters. The zero-order valence-electron chi connectivity index (χ0n) is 6.28. The third-order valence-electron chi connectivity index (χ3n) is 1.34. The number of benzene rings is 1. The van der Waals surface area contributed by atoms with Gasteiger partial charge in [0.15, 0.2) is 0 Å². The van der Waals surface area contributed by atoms with Crippen LogP contribution in [0.2, 0.25) is 0 Å². The average molecular weight is 248 g/mol. The van der Waals surface area contributed by atoms with Gasteiger partial charge in [0.25, 0.3) is 5.69 Å². The summed E-state index contributed by atoms with van der Waals surface area (Å²) in [6.07, 6.45) is 1.82. The van der Waals surface area contributed by atoms with Gasteiger partial charge in [-0.25, -0.2) is 0 Å². The Kier molecular flexibility index (Phi) is 3.11. The van der Waals surface area contributed by atoms with E-state index >= 15 is 0 Å². The van der Waals surface area contributed by atoms with E-state index in [1.807, 2.05) is 6.26 Å². The predicted octanol–water partition coefficient (Wildman–Crippen LogP) is 3.08. The fourth-order valence-electron chi connectivity index (χ4n) is 0.806. The van der Waals surface area contributed by atoms with Crippen molar-refractivity contribution < 1.29 is 4.92 Å². The van der Waals surface area contributed by atoms with Crippen LogP contribution < -0.4 is 0 Å². The fourth-order valence-corrected chi connectivity index (χ4v) is 1.70. The molecule has 0 spiro atoms. The maximum Gasteiger partial charge on any atom is 0.283 e. The second-order valence-corrected chi connectivity index (χ2v) is 3.84. The van der Waals surface area contributed by atoms with Crippen LogP contribution in [0.1, 0.15) is 0 Å². The first kappa shape index (κ1) is 9.54. The number of nitrogens with zero attached hydrogens (tertiary/aromatic N) is 1. The van der Waals surface area contributed by atoms with Gasteiger partial charge in [0.2, 0.25) is 0 Å². The van der Waals surface area contributed by atoms with Crippen LogP contribution in [-0.2, 0) is 0 Å². The van der Waals surface area contributed by atoms with Gasteiger partial charge in [-0.15, -0.1) is 11.8 Å². The van der Waals surface area contributed by atoms with Crippen LogP contribution in [0.15, 0.2) is 27.6 Å². The first-order valence-electron chi connectivity index (χ1n) is 3.13. The summed E-state index contributed by atoms with van der Waals surface area (Å²) >= 11 is 4.55. The Morgan fingerprint density at radius 1 is 1.58 bits per heavy atom. The van der Waals surface area contributed by atoms with Crippen molar-refractivity contribution in [3.8, 4) is 0 Å². The minimum absolute atomic E-state index is 0.150. The zero-order chi connectivity index (χ0) is 9.14. The largest absolute Gasteiger partial charge is 0.283 e. The van der Waals surface area contributed by atoms with E-state index in [1.54, 1.807) is 12.1 Å². The molecule has 12 heavy (non-hydrogen) atoms. The second kappa shape index (κ2) is 3.91. The van der Waals surface area contributed by atoms with Crippen LogP contribution >= 0.6 is 27.7 Å². The minimum Gasteiger partial charge on any atom is -0.258 e. The maximum atomic E-state index is 10.5. The molecule has 0 aliphatic carbocycles. The smallest absolute Gasteiger partial charge is 0.258 e. The van der Waals surface area contributed by atoms with E-state index in [0.717, 1.165) is 4.47 Å². The van der Waals surface area contributed by atoms with Gasteiger partial charge in [-0.3, -0.25) is 10.1 Å². The van der Waals surface area contributed by atoms with Gasteiger partial charge in [-0.2, -0.15) is 0 Å². The lowest BCUT2D eigenvalue weighted by Crippen LogP contribution is -1.89. The van der Waals surface area contributed by atoms with E-state index in [0.29, 0.717) is 4.90 Å². The summed E-state index contributed by atoms with van der Waals surface area (Å²) in [6.45, 7) is 0. The summed E-state index contributed by atoms with van der Waals surface area (Å²) in [5, 5.41) is 10.5. The van der Waals surface area contributed by atoms with Crippen molar-refractivity contribution in [1.29, 1.82) is 0 Å². The summed E-state index contributed by atoms with van der Waals surface area (Å²) in [4.78, 5) is 10.8. The highest BCUT2D eigenvalue weighted by atomic mass is 79.9. The first-order valence-corrected chi connectivity index (χ1v) is 5.15. The minimum atomic E-state index is -0.378. The molecule has 3 nitrogen and oxygen atoms in total. The van der Waals surface area contributed by atoms with Gasteiger partial charge in [-0.05, 0) is 18.4 Å². The number of thioether (sulfide) groups is 1. The van der Waals surface area contributed by atoms with Crippen molar-refractivity contribution in [2.45, 2.75) is 4.90 Å². The third-order valence-corrected chi connectivity index (χ3v) is 2.62. The Morgan fingerprint density at radius 3 is 2.75 bits per heavy atom. The number of halogens is 1. The number of hydrogen-bond donors (Lipinski definition) is 0. The van der Waals surface area contributed by atoms with Crippen LogP contribution in [0.3, 0.4) is 0 Å². The van der Waals surface area contributed by atoms with Crippen LogP contribution in [-0.4, -0.2) is 11.2 Å². The lowest BCUT2D eigenvalue weighted by molar-refractivity contribution is -0.387. The monoisotopic (exact) mass is 247 g/mol. The van der Waals surface area contributed by atoms with Crippen LogP contribution in [0.5, 0.6) is 0 Å². The van der Waals surface area contributed by atoms with Crippen molar-refractivity contribution in [3.05, 3.63) is 32.8 Å². The van der Waals surface area contributed by atoms with E-state index in [9.17, 15) is 10.1 Å². The van der Waals surface area contributed by atoms with Crippen molar-refractivity contribution in [2.24, 2.45) is 0 Å². The average Bonchev–Trinajstić information content (AvgIpc) is 2.04. The highest BCUT2D eigenvalue weighted by molar-refractivity contribution is 9.10. The molecule has 1 aromatic rings. The van der Waals surface area contributed by atoms with Gasteiger partial charge >= 0.3 is 0 Å². The summed E-state index contributed by atoms with van der Waals surface area (Å²) < 4.78 is 0.729. The highest BCUT2D eigenvalue weighted by Gasteiger charge is 2.12. The molecule has 1 rings (SSSR count). The van der Waals surface area contributed by atoms with Gasteiger partial charge in [0.1, 0.15) is 0 Å². The van der Waals surface area contributed by atoms with Crippen LogP contribution in [0, 0.1) is 10.1 Å². The van der Waals surface area contributed by atoms with Gasteiger partial charge in [0, 0.05) is 10.5 Å². The SMILES string of the molecule is CSc1ccc(Br)cc1[N+](=O)[O-]. The molecule has 0 bridgehead atoms. The van der Waals surface area contributed by atoms with Gasteiger partial charge in [-0.1, -0.05) is 15.9 Å². The molecule has 0 saturated carbocycles. The molecule has 0 fully saturated rings. The number of nitro benzene ring substituents is 1.